The van der Waals surface area contributed by atoms with Crippen molar-refractivity contribution < 1.29 is 4.79 Å². The van der Waals surface area contributed by atoms with E-state index < -0.39 is 6.04 Å². The molecule has 1 amide bonds. The first kappa shape index (κ1) is 14.3. The first-order valence-electron chi connectivity index (χ1n) is 6.81. The highest BCUT2D eigenvalue weighted by Crippen LogP contribution is 2.17. The van der Waals surface area contributed by atoms with E-state index in [0.29, 0.717) is 12.5 Å². The van der Waals surface area contributed by atoms with Crippen molar-refractivity contribution >= 4 is 5.91 Å². The minimum Gasteiger partial charge on any atom is -0.368 e. The van der Waals surface area contributed by atoms with Gasteiger partial charge in [0.25, 0.3) is 0 Å². The standard InChI is InChI=1S/C17H20N2O/c1-13(14-8-4-2-5-9-14)12-19-16(17(18)20)15-10-6-3-7-11-15/h2-11,13,16,19H,12H2,1H3,(H2,18,20). The predicted octanol–water partition coefficient (Wildman–Crippen LogP) is 2.61. The Balaban J connectivity index is 2.02. The smallest absolute Gasteiger partial charge is 0.239 e. The van der Waals surface area contributed by atoms with Crippen molar-refractivity contribution in [2.45, 2.75) is 18.9 Å². The summed E-state index contributed by atoms with van der Waals surface area (Å²) in [5.41, 5.74) is 7.64. The highest BCUT2D eigenvalue weighted by Gasteiger charge is 2.17. The monoisotopic (exact) mass is 268 g/mol. The number of amides is 1. The molecule has 0 heterocycles. The molecule has 3 heteroatoms. The van der Waals surface area contributed by atoms with Gasteiger partial charge in [0.05, 0.1) is 0 Å². The molecule has 0 saturated carbocycles. The van der Waals surface area contributed by atoms with Crippen LogP contribution in [0.15, 0.2) is 60.7 Å². The van der Waals surface area contributed by atoms with Gasteiger partial charge in [-0.3, -0.25) is 4.79 Å². The zero-order chi connectivity index (χ0) is 14.4. The average Bonchev–Trinajstić information content (AvgIpc) is 2.49. The quantitative estimate of drug-likeness (QED) is 0.846. The summed E-state index contributed by atoms with van der Waals surface area (Å²) in [6.07, 6.45) is 0. The SMILES string of the molecule is CC(CNC(C(N)=O)c1ccccc1)c1ccccc1. The molecule has 2 aromatic carbocycles. The van der Waals surface area contributed by atoms with Gasteiger partial charge in [-0.15, -0.1) is 0 Å². The summed E-state index contributed by atoms with van der Waals surface area (Å²) in [6, 6.07) is 19.4. The molecular formula is C17H20N2O. The Morgan fingerprint density at radius 3 is 2.00 bits per heavy atom. The van der Waals surface area contributed by atoms with Crippen LogP contribution in [0, 0.1) is 0 Å². The molecule has 0 spiro atoms. The van der Waals surface area contributed by atoms with E-state index >= 15 is 0 Å². The van der Waals surface area contributed by atoms with Crippen LogP contribution >= 0.6 is 0 Å². The summed E-state index contributed by atoms with van der Waals surface area (Å²) in [6.45, 7) is 2.83. The molecule has 20 heavy (non-hydrogen) atoms. The lowest BCUT2D eigenvalue weighted by molar-refractivity contribution is -0.120. The van der Waals surface area contributed by atoms with Crippen molar-refractivity contribution in [3.63, 3.8) is 0 Å². The summed E-state index contributed by atoms with van der Waals surface area (Å²) in [5.74, 6) is -0.0294. The van der Waals surface area contributed by atoms with Gasteiger partial charge in [0.2, 0.25) is 5.91 Å². The van der Waals surface area contributed by atoms with E-state index in [4.69, 9.17) is 5.73 Å². The molecule has 0 aliphatic heterocycles. The number of primary amides is 1. The number of rotatable bonds is 6. The summed E-state index contributed by atoms with van der Waals surface area (Å²) in [5, 5.41) is 3.26. The number of benzene rings is 2. The molecule has 2 aromatic rings. The third-order valence-corrected chi connectivity index (χ3v) is 3.41. The number of carbonyl (C=O) groups is 1. The fourth-order valence-corrected chi connectivity index (χ4v) is 2.22. The molecule has 0 fully saturated rings. The van der Waals surface area contributed by atoms with Crippen LogP contribution in [0.4, 0.5) is 0 Å². The third-order valence-electron chi connectivity index (χ3n) is 3.41. The van der Waals surface area contributed by atoms with Crippen molar-refractivity contribution in [2.24, 2.45) is 5.73 Å². The molecular weight excluding hydrogens is 248 g/mol. The number of hydrogen-bond donors (Lipinski definition) is 2. The molecule has 0 radical (unpaired) electrons. The summed E-state index contributed by atoms with van der Waals surface area (Å²) in [7, 11) is 0. The summed E-state index contributed by atoms with van der Waals surface area (Å²) >= 11 is 0. The number of nitrogens with one attached hydrogen (secondary N) is 1. The second-order valence-electron chi connectivity index (χ2n) is 4.97. The van der Waals surface area contributed by atoms with Gasteiger partial charge in [0, 0.05) is 6.54 Å². The van der Waals surface area contributed by atoms with E-state index in [0.717, 1.165) is 5.56 Å². The first-order valence-corrected chi connectivity index (χ1v) is 6.81. The maximum absolute atomic E-state index is 11.6. The second kappa shape index (κ2) is 6.87. The van der Waals surface area contributed by atoms with Gasteiger partial charge >= 0.3 is 0 Å². The highest BCUT2D eigenvalue weighted by atomic mass is 16.1. The van der Waals surface area contributed by atoms with Crippen LogP contribution in [0.25, 0.3) is 0 Å². The Bertz CT molecular complexity index is 539. The molecule has 0 aromatic heterocycles. The molecule has 104 valence electrons. The van der Waals surface area contributed by atoms with Crippen molar-refractivity contribution in [1.82, 2.24) is 5.32 Å². The number of nitrogens with two attached hydrogens (primary N) is 1. The second-order valence-corrected chi connectivity index (χ2v) is 4.97. The maximum atomic E-state index is 11.6. The van der Waals surface area contributed by atoms with E-state index in [-0.39, 0.29) is 5.91 Å². The molecule has 2 atom stereocenters. The van der Waals surface area contributed by atoms with Gasteiger partial charge in [-0.2, -0.15) is 0 Å². The minimum atomic E-state index is -0.442. The zero-order valence-corrected chi connectivity index (χ0v) is 11.6. The van der Waals surface area contributed by atoms with Crippen molar-refractivity contribution in [1.29, 1.82) is 0 Å². The molecule has 2 unspecified atom stereocenters. The van der Waals surface area contributed by atoms with Gasteiger partial charge in [-0.25, -0.2) is 0 Å². The van der Waals surface area contributed by atoms with Gasteiger partial charge < -0.3 is 11.1 Å². The molecule has 0 saturated heterocycles. The zero-order valence-electron chi connectivity index (χ0n) is 11.6. The van der Waals surface area contributed by atoms with Crippen molar-refractivity contribution in [3.8, 4) is 0 Å². The summed E-state index contributed by atoms with van der Waals surface area (Å²) in [4.78, 5) is 11.6. The van der Waals surface area contributed by atoms with E-state index in [1.807, 2.05) is 48.5 Å². The molecule has 2 rings (SSSR count). The Morgan fingerprint density at radius 1 is 1.00 bits per heavy atom. The third kappa shape index (κ3) is 3.68. The topological polar surface area (TPSA) is 55.1 Å². The lowest BCUT2D eigenvalue weighted by Gasteiger charge is -2.19. The van der Waals surface area contributed by atoms with E-state index in [9.17, 15) is 4.79 Å². The Kier molecular flexibility index (Phi) is 4.91. The van der Waals surface area contributed by atoms with E-state index in [2.05, 4.69) is 24.4 Å². The van der Waals surface area contributed by atoms with Gasteiger partial charge in [0.15, 0.2) is 0 Å². The number of carbonyl (C=O) groups excluding carboxylic acids is 1. The lowest BCUT2D eigenvalue weighted by atomic mass is 10.00. The fourth-order valence-electron chi connectivity index (χ4n) is 2.22. The average molecular weight is 268 g/mol. The molecule has 0 aliphatic carbocycles. The predicted molar refractivity (Wildman–Crippen MR) is 81.2 cm³/mol. The van der Waals surface area contributed by atoms with Crippen LogP contribution in [0.5, 0.6) is 0 Å². The molecule has 0 aliphatic rings. The van der Waals surface area contributed by atoms with Crippen LogP contribution in [0.2, 0.25) is 0 Å². The van der Waals surface area contributed by atoms with Gasteiger partial charge in [-0.1, -0.05) is 67.6 Å². The normalized spacial score (nSPS) is 13.7. The van der Waals surface area contributed by atoms with Gasteiger partial charge in [0.1, 0.15) is 6.04 Å². The largest absolute Gasteiger partial charge is 0.368 e. The van der Waals surface area contributed by atoms with Crippen LogP contribution in [-0.2, 0) is 4.79 Å². The first-order chi connectivity index (χ1) is 9.68. The summed E-state index contributed by atoms with van der Waals surface area (Å²) < 4.78 is 0. The fraction of sp³-hybridized carbons (Fsp3) is 0.235. The Morgan fingerprint density at radius 2 is 1.50 bits per heavy atom. The maximum Gasteiger partial charge on any atom is 0.239 e. The molecule has 0 bridgehead atoms. The van der Waals surface area contributed by atoms with Crippen LogP contribution in [-0.4, -0.2) is 12.5 Å². The molecule has 3 N–H and O–H groups in total. The highest BCUT2D eigenvalue weighted by molar-refractivity contribution is 5.81. The molecule has 3 nitrogen and oxygen atoms in total. The lowest BCUT2D eigenvalue weighted by Crippen LogP contribution is -2.35. The Hall–Kier alpha value is -2.13. The Labute approximate surface area is 119 Å². The van der Waals surface area contributed by atoms with Crippen LogP contribution in [0.1, 0.15) is 30.0 Å². The van der Waals surface area contributed by atoms with Crippen LogP contribution < -0.4 is 11.1 Å². The van der Waals surface area contributed by atoms with Crippen LogP contribution in [0.3, 0.4) is 0 Å². The van der Waals surface area contributed by atoms with Crippen molar-refractivity contribution in [3.05, 3.63) is 71.8 Å². The van der Waals surface area contributed by atoms with Crippen molar-refractivity contribution in [2.75, 3.05) is 6.54 Å². The number of hydrogen-bond acceptors (Lipinski definition) is 2. The van der Waals surface area contributed by atoms with Gasteiger partial charge in [-0.05, 0) is 17.0 Å². The van der Waals surface area contributed by atoms with E-state index in [1.165, 1.54) is 5.56 Å². The van der Waals surface area contributed by atoms with E-state index in [1.54, 1.807) is 0 Å². The minimum absolute atomic E-state index is 0.321.